The number of hydrogen-bond donors (Lipinski definition) is 1. The number of rotatable bonds is 7. The van der Waals surface area contributed by atoms with Crippen LogP contribution in [0, 0.1) is 0 Å². The van der Waals surface area contributed by atoms with Crippen molar-refractivity contribution in [2.75, 3.05) is 13.1 Å². The fraction of sp³-hybridized carbons (Fsp3) is 0.389. The van der Waals surface area contributed by atoms with Crippen LogP contribution in [0.2, 0.25) is 4.34 Å². The van der Waals surface area contributed by atoms with Crippen molar-refractivity contribution < 1.29 is 4.79 Å². The van der Waals surface area contributed by atoms with Gasteiger partial charge in [-0.2, -0.15) is 0 Å². The molecule has 0 aliphatic heterocycles. The lowest BCUT2D eigenvalue weighted by molar-refractivity contribution is -0.127. The van der Waals surface area contributed by atoms with Crippen LogP contribution >= 0.6 is 22.9 Å². The molecule has 1 aromatic heterocycles. The standard InChI is InChI=1S/C18H23ClN2OS/c1-4-21(5-2)17(14-9-7-6-8-10-14)18(22)20-13(3)15-11-12-16(19)23-15/h6-13,17H,4-5H2,1-3H3,(H,20,22). The zero-order valence-corrected chi connectivity index (χ0v) is 15.3. The molecule has 1 aromatic carbocycles. The minimum atomic E-state index is -0.274. The van der Waals surface area contributed by atoms with E-state index in [4.69, 9.17) is 11.6 Å². The minimum Gasteiger partial charge on any atom is -0.347 e. The molecule has 23 heavy (non-hydrogen) atoms. The topological polar surface area (TPSA) is 32.3 Å². The van der Waals surface area contributed by atoms with Gasteiger partial charge in [-0.25, -0.2) is 0 Å². The van der Waals surface area contributed by atoms with Crippen LogP contribution in [0.15, 0.2) is 42.5 Å². The summed E-state index contributed by atoms with van der Waals surface area (Å²) in [6.45, 7) is 7.79. The zero-order valence-electron chi connectivity index (χ0n) is 13.8. The number of carbonyl (C=O) groups excluding carboxylic acids is 1. The monoisotopic (exact) mass is 350 g/mol. The molecule has 124 valence electrons. The van der Waals surface area contributed by atoms with Crippen molar-refractivity contribution in [3.8, 4) is 0 Å². The van der Waals surface area contributed by atoms with Crippen LogP contribution < -0.4 is 5.32 Å². The van der Waals surface area contributed by atoms with E-state index >= 15 is 0 Å². The van der Waals surface area contributed by atoms with E-state index in [2.05, 4.69) is 24.1 Å². The molecule has 0 aliphatic rings. The summed E-state index contributed by atoms with van der Waals surface area (Å²) in [7, 11) is 0. The van der Waals surface area contributed by atoms with Crippen molar-refractivity contribution in [3.05, 3.63) is 57.2 Å². The van der Waals surface area contributed by atoms with Gasteiger partial charge in [0.25, 0.3) is 0 Å². The van der Waals surface area contributed by atoms with Crippen molar-refractivity contribution in [3.63, 3.8) is 0 Å². The van der Waals surface area contributed by atoms with Gasteiger partial charge in [0.05, 0.1) is 10.4 Å². The average Bonchev–Trinajstić information content (AvgIpc) is 2.99. The second-order valence-corrected chi connectivity index (χ2v) is 7.15. The molecule has 0 bridgehead atoms. The highest BCUT2D eigenvalue weighted by molar-refractivity contribution is 7.16. The molecule has 0 saturated carbocycles. The second-order valence-electron chi connectivity index (χ2n) is 5.41. The van der Waals surface area contributed by atoms with E-state index in [9.17, 15) is 4.79 Å². The molecule has 5 heteroatoms. The third-order valence-corrected chi connectivity index (χ3v) is 5.33. The third kappa shape index (κ3) is 4.56. The number of benzene rings is 1. The van der Waals surface area contributed by atoms with Crippen molar-refractivity contribution >= 4 is 28.8 Å². The molecule has 2 rings (SSSR count). The molecule has 3 nitrogen and oxygen atoms in total. The van der Waals surface area contributed by atoms with Gasteiger partial charge in [0, 0.05) is 4.88 Å². The zero-order chi connectivity index (χ0) is 16.8. The summed E-state index contributed by atoms with van der Waals surface area (Å²) in [6.07, 6.45) is 0. The van der Waals surface area contributed by atoms with E-state index in [1.54, 1.807) is 0 Å². The number of carbonyl (C=O) groups is 1. The lowest BCUT2D eigenvalue weighted by Crippen LogP contribution is -2.41. The number of nitrogens with one attached hydrogen (secondary N) is 1. The van der Waals surface area contributed by atoms with Gasteiger partial charge in [-0.15, -0.1) is 11.3 Å². The molecule has 1 N–H and O–H groups in total. The number of hydrogen-bond acceptors (Lipinski definition) is 3. The van der Waals surface area contributed by atoms with Gasteiger partial charge >= 0.3 is 0 Å². The quantitative estimate of drug-likeness (QED) is 0.787. The van der Waals surface area contributed by atoms with Gasteiger partial charge in [0.1, 0.15) is 6.04 Å². The van der Waals surface area contributed by atoms with Crippen LogP contribution in [0.25, 0.3) is 0 Å². The Balaban J connectivity index is 2.19. The first-order valence-corrected chi connectivity index (χ1v) is 9.10. The average molecular weight is 351 g/mol. The fourth-order valence-corrected chi connectivity index (χ4v) is 3.74. The highest BCUT2D eigenvalue weighted by Crippen LogP contribution is 2.28. The molecule has 0 radical (unpaired) electrons. The lowest BCUT2D eigenvalue weighted by atomic mass is 10.0. The van der Waals surface area contributed by atoms with Crippen LogP contribution in [-0.2, 0) is 4.79 Å². The van der Waals surface area contributed by atoms with Crippen molar-refractivity contribution in [2.24, 2.45) is 0 Å². The Morgan fingerprint density at radius 1 is 1.17 bits per heavy atom. The van der Waals surface area contributed by atoms with E-state index in [1.165, 1.54) is 11.3 Å². The smallest absolute Gasteiger partial charge is 0.242 e. The minimum absolute atomic E-state index is 0.0249. The summed E-state index contributed by atoms with van der Waals surface area (Å²) in [5, 5.41) is 3.13. The molecule has 0 aliphatic carbocycles. The Bertz CT molecular complexity index is 625. The lowest BCUT2D eigenvalue weighted by Gasteiger charge is -2.30. The molecule has 0 fully saturated rings. The fourth-order valence-electron chi connectivity index (χ4n) is 2.68. The number of thiophene rings is 1. The largest absolute Gasteiger partial charge is 0.347 e. The number of halogens is 1. The van der Waals surface area contributed by atoms with E-state index in [0.717, 1.165) is 27.9 Å². The Morgan fingerprint density at radius 2 is 1.83 bits per heavy atom. The second kappa shape index (κ2) is 8.48. The van der Waals surface area contributed by atoms with Gasteiger partial charge in [0.2, 0.25) is 5.91 Å². The summed E-state index contributed by atoms with van der Waals surface area (Å²) < 4.78 is 0.740. The molecule has 2 aromatic rings. The molecule has 2 unspecified atom stereocenters. The van der Waals surface area contributed by atoms with E-state index in [1.807, 2.05) is 49.4 Å². The molecule has 2 atom stereocenters. The first kappa shape index (κ1) is 18.0. The molecule has 0 spiro atoms. The summed E-state index contributed by atoms with van der Waals surface area (Å²) in [4.78, 5) is 16.1. The van der Waals surface area contributed by atoms with Crippen LogP contribution in [0.5, 0.6) is 0 Å². The van der Waals surface area contributed by atoms with Gasteiger partial charge in [-0.3, -0.25) is 9.69 Å². The predicted octanol–water partition coefficient (Wildman–Crippen LogP) is 4.66. The maximum absolute atomic E-state index is 12.9. The highest BCUT2D eigenvalue weighted by atomic mass is 35.5. The molecule has 0 saturated heterocycles. The van der Waals surface area contributed by atoms with Crippen molar-refractivity contribution in [2.45, 2.75) is 32.9 Å². The van der Waals surface area contributed by atoms with Crippen LogP contribution in [0.4, 0.5) is 0 Å². The van der Waals surface area contributed by atoms with Crippen molar-refractivity contribution in [1.29, 1.82) is 0 Å². The molecule has 1 heterocycles. The van der Waals surface area contributed by atoms with Gasteiger partial charge < -0.3 is 5.32 Å². The summed E-state index contributed by atoms with van der Waals surface area (Å²) in [6, 6.07) is 13.4. The SMILES string of the molecule is CCN(CC)C(C(=O)NC(C)c1ccc(Cl)s1)c1ccccc1. The van der Waals surface area contributed by atoms with Crippen molar-refractivity contribution in [1.82, 2.24) is 10.2 Å². The number of amides is 1. The number of nitrogens with zero attached hydrogens (tertiary/aromatic N) is 1. The van der Waals surface area contributed by atoms with Crippen LogP contribution in [0.3, 0.4) is 0 Å². The number of likely N-dealkylation sites (N-methyl/N-ethyl adjacent to an activating group) is 1. The van der Waals surface area contributed by atoms with E-state index < -0.39 is 0 Å². The van der Waals surface area contributed by atoms with Gasteiger partial charge in [-0.05, 0) is 37.7 Å². The maximum Gasteiger partial charge on any atom is 0.242 e. The van der Waals surface area contributed by atoms with Gasteiger partial charge in [0.15, 0.2) is 0 Å². The highest BCUT2D eigenvalue weighted by Gasteiger charge is 2.27. The first-order valence-electron chi connectivity index (χ1n) is 7.91. The van der Waals surface area contributed by atoms with E-state index in [-0.39, 0.29) is 18.0 Å². The van der Waals surface area contributed by atoms with Crippen LogP contribution in [0.1, 0.15) is 43.3 Å². The van der Waals surface area contributed by atoms with Crippen LogP contribution in [-0.4, -0.2) is 23.9 Å². The molecule has 1 amide bonds. The van der Waals surface area contributed by atoms with E-state index in [0.29, 0.717) is 0 Å². The Hall–Kier alpha value is -1.36. The Labute approximate surface area is 147 Å². The Morgan fingerprint density at radius 3 is 2.35 bits per heavy atom. The normalized spacial score (nSPS) is 13.8. The summed E-state index contributed by atoms with van der Waals surface area (Å²) in [5.41, 5.74) is 1.02. The van der Waals surface area contributed by atoms with Gasteiger partial charge in [-0.1, -0.05) is 55.8 Å². The Kier molecular flexibility index (Phi) is 6.63. The molecular weight excluding hydrogens is 328 g/mol. The summed E-state index contributed by atoms with van der Waals surface area (Å²) in [5.74, 6) is 0.0249. The third-order valence-electron chi connectivity index (χ3n) is 3.92. The summed E-state index contributed by atoms with van der Waals surface area (Å²) >= 11 is 7.49. The predicted molar refractivity (Wildman–Crippen MR) is 98.0 cm³/mol. The maximum atomic E-state index is 12.9. The first-order chi connectivity index (χ1) is 11.1. The molecular formula is C18H23ClN2OS.